The van der Waals surface area contributed by atoms with Crippen molar-refractivity contribution in [1.82, 2.24) is 5.01 Å². The van der Waals surface area contributed by atoms with Crippen molar-refractivity contribution in [2.75, 3.05) is 18.3 Å². The Balaban J connectivity index is 2.24. The number of rotatable bonds is 3. The lowest BCUT2D eigenvalue weighted by molar-refractivity contribution is -0.119. The van der Waals surface area contributed by atoms with Gasteiger partial charge in [0.2, 0.25) is 6.41 Å². The van der Waals surface area contributed by atoms with E-state index in [4.69, 9.17) is 4.84 Å². The number of carbonyl (C=O) groups is 1. The Labute approximate surface area is 121 Å². The molecule has 1 saturated heterocycles. The first-order valence-electron chi connectivity index (χ1n) is 6.16. The maximum Gasteiger partial charge on any atom is 0.295 e. The second kappa shape index (κ2) is 4.99. The zero-order chi connectivity index (χ0) is 15.0. The van der Waals surface area contributed by atoms with E-state index in [1.807, 2.05) is 0 Å². The van der Waals surface area contributed by atoms with Crippen molar-refractivity contribution in [2.24, 2.45) is 0 Å². The molecule has 1 N–H and O–H groups in total. The van der Waals surface area contributed by atoms with E-state index >= 15 is 0 Å². The molecule has 1 heterocycles. The number of fused-ring (bicyclic) bond motifs is 1. The minimum atomic E-state index is -4.33. The molecule has 110 valence electrons. The molecule has 2 aromatic carbocycles. The Morgan fingerprint density at radius 3 is 2.57 bits per heavy atom. The first kappa shape index (κ1) is 13.8. The van der Waals surface area contributed by atoms with Gasteiger partial charge >= 0.3 is 0 Å². The van der Waals surface area contributed by atoms with Crippen molar-refractivity contribution >= 4 is 33.0 Å². The number of anilines is 1. The van der Waals surface area contributed by atoms with Crippen LogP contribution in [0.1, 0.15) is 0 Å². The number of benzene rings is 2. The SMILES string of the molecule is O=CN1CCON1c1cccc2c(S(=O)(=O)O)cccc12. The van der Waals surface area contributed by atoms with Crippen LogP contribution in [0.3, 0.4) is 0 Å². The lowest BCUT2D eigenvalue weighted by Gasteiger charge is -2.24. The monoisotopic (exact) mass is 308 g/mol. The molecule has 7 nitrogen and oxygen atoms in total. The largest absolute Gasteiger partial charge is 0.295 e. The van der Waals surface area contributed by atoms with Crippen molar-refractivity contribution in [2.45, 2.75) is 4.90 Å². The van der Waals surface area contributed by atoms with E-state index in [-0.39, 0.29) is 4.90 Å². The van der Waals surface area contributed by atoms with Crippen LogP contribution < -0.4 is 5.17 Å². The lowest BCUT2D eigenvalue weighted by Crippen LogP contribution is -2.34. The molecule has 21 heavy (non-hydrogen) atoms. The van der Waals surface area contributed by atoms with Crippen molar-refractivity contribution in [3.05, 3.63) is 36.4 Å². The molecule has 0 spiro atoms. The Hall–Kier alpha value is -2.16. The Kier molecular flexibility index (Phi) is 3.28. The van der Waals surface area contributed by atoms with Gasteiger partial charge in [-0.2, -0.15) is 13.6 Å². The summed E-state index contributed by atoms with van der Waals surface area (Å²) in [6, 6.07) is 9.47. The van der Waals surface area contributed by atoms with E-state index in [0.717, 1.165) is 0 Å². The summed E-state index contributed by atoms with van der Waals surface area (Å²) in [5, 5.41) is 3.58. The van der Waals surface area contributed by atoms with E-state index in [1.165, 1.54) is 22.3 Å². The summed E-state index contributed by atoms with van der Waals surface area (Å²) < 4.78 is 32.2. The molecule has 0 aliphatic carbocycles. The number of amides is 1. The normalized spacial score (nSPS) is 15.7. The molecule has 0 aromatic heterocycles. The summed E-state index contributed by atoms with van der Waals surface area (Å²) in [6.07, 6.45) is 0.637. The van der Waals surface area contributed by atoms with Crippen molar-refractivity contribution < 1.29 is 22.6 Å². The van der Waals surface area contributed by atoms with E-state index in [1.54, 1.807) is 24.3 Å². The molecule has 0 saturated carbocycles. The van der Waals surface area contributed by atoms with Gasteiger partial charge in [0.1, 0.15) is 4.90 Å². The van der Waals surface area contributed by atoms with E-state index in [9.17, 15) is 17.8 Å². The average Bonchev–Trinajstić information content (AvgIpc) is 2.93. The van der Waals surface area contributed by atoms with Crippen LogP contribution in [-0.4, -0.2) is 37.5 Å². The molecule has 0 unspecified atom stereocenters. The molecule has 2 aromatic rings. The van der Waals surface area contributed by atoms with Crippen LogP contribution in [0.5, 0.6) is 0 Å². The molecule has 1 amide bonds. The maximum absolute atomic E-state index is 11.4. The van der Waals surface area contributed by atoms with Gasteiger partial charge in [0.25, 0.3) is 10.1 Å². The highest BCUT2D eigenvalue weighted by molar-refractivity contribution is 7.86. The second-order valence-electron chi connectivity index (χ2n) is 4.48. The molecular weight excluding hydrogens is 296 g/mol. The van der Waals surface area contributed by atoms with Crippen molar-refractivity contribution in [1.29, 1.82) is 0 Å². The third-order valence-corrected chi connectivity index (χ3v) is 4.14. The fourth-order valence-electron chi connectivity index (χ4n) is 2.35. The van der Waals surface area contributed by atoms with Crippen molar-refractivity contribution in [3.8, 4) is 0 Å². The predicted octanol–water partition coefficient (Wildman–Crippen LogP) is 1.21. The summed E-state index contributed by atoms with van der Waals surface area (Å²) in [5.41, 5.74) is 0.530. The summed E-state index contributed by atoms with van der Waals surface area (Å²) in [7, 11) is -4.33. The Morgan fingerprint density at radius 2 is 1.86 bits per heavy atom. The van der Waals surface area contributed by atoms with Gasteiger partial charge < -0.3 is 0 Å². The number of hydrazine groups is 1. The second-order valence-corrected chi connectivity index (χ2v) is 5.87. The fourth-order valence-corrected chi connectivity index (χ4v) is 3.05. The Bertz CT molecular complexity index is 805. The number of hydrogen-bond donors (Lipinski definition) is 1. The van der Waals surface area contributed by atoms with Crippen LogP contribution >= 0.6 is 0 Å². The topological polar surface area (TPSA) is 87.2 Å². The standard InChI is InChI=1S/C13H12N2O5S/c16-9-14-7-8-20-15(14)12-5-1-4-11-10(12)3-2-6-13(11)21(17,18)19/h1-6,9H,7-8H2,(H,17,18,19). The zero-order valence-corrected chi connectivity index (χ0v) is 11.7. The molecule has 3 rings (SSSR count). The third-order valence-electron chi connectivity index (χ3n) is 3.23. The van der Waals surface area contributed by atoms with Gasteiger partial charge in [-0.15, -0.1) is 0 Å². The number of nitrogens with zero attached hydrogens (tertiary/aromatic N) is 2. The lowest BCUT2D eigenvalue weighted by atomic mass is 10.1. The van der Waals surface area contributed by atoms with Crippen LogP contribution in [0.25, 0.3) is 10.8 Å². The highest BCUT2D eigenvalue weighted by Crippen LogP contribution is 2.32. The third kappa shape index (κ3) is 2.33. The Morgan fingerprint density at radius 1 is 1.14 bits per heavy atom. The van der Waals surface area contributed by atoms with Crippen LogP contribution in [0.15, 0.2) is 41.3 Å². The van der Waals surface area contributed by atoms with Crippen LogP contribution in [0.2, 0.25) is 0 Å². The molecule has 8 heteroatoms. The van der Waals surface area contributed by atoms with Gasteiger partial charge in [0.15, 0.2) is 0 Å². The predicted molar refractivity (Wildman–Crippen MR) is 75.0 cm³/mol. The van der Waals surface area contributed by atoms with Gasteiger partial charge in [-0.25, -0.2) is 5.01 Å². The molecule has 0 radical (unpaired) electrons. The van der Waals surface area contributed by atoms with Crippen LogP contribution in [0, 0.1) is 0 Å². The summed E-state index contributed by atoms with van der Waals surface area (Å²) in [4.78, 5) is 16.2. The zero-order valence-electron chi connectivity index (χ0n) is 10.8. The summed E-state index contributed by atoms with van der Waals surface area (Å²) in [5.74, 6) is 0. The van der Waals surface area contributed by atoms with Gasteiger partial charge in [-0.1, -0.05) is 24.3 Å². The average molecular weight is 308 g/mol. The van der Waals surface area contributed by atoms with E-state index in [2.05, 4.69) is 0 Å². The number of hydrogen-bond acceptors (Lipinski definition) is 5. The molecule has 0 bridgehead atoms. The first-order chi connectivity index (χ1) is 10.0. The summed E-state index contributed by atoms with van der Waals surface area (Å²) in [6.45, 7) is 0.769. The van der Waals surface area contributed by atoms with E-state index < -0.39 is 10.1 Å². The molecular formula is C13H12N2O5S. The van der Waals surface area contributed by atoms with Crippen molar-refractivity contribution in [3.63, 3.8) is 0 Å². The highest BCUT2D eigenvalue weighted by atomic mass is 32.2. The van der Waals surface area contributed by atoms with Gasteiger partial charge in [0, 0.05) is 10.8 Å². The van der Waals surface area contributed by atoms with Crippen LogP contribution in [0.4, 0.5) is 5.69 Å². The molecule has 0 atom stereocenters. The fraction of sp³-hybridized carbons (Fsp3) is 0.154. The molecule has 1 aliphatic heterocycles. The minimum Gasteiger partial charge on any atom is -0.282 e. The van der Waals surface area contributed by atoms with Gasteiger partial charge in [-0.05, 0) is 12.1 Å². The molecule has 1 fully saturated rings. The van der Waals surface area contributed by atoms with Gasteiger partial charge in [-0.3, -0.25) is 14.2 Å². The highest BCUT2D eigenvalue weighted by Gasteiger charge is 2.25. The van der Waals surface area contributed by atoms with E-state index in [0.29, 0.717) is 36.0 Å². The smallest absolute Gasteiger partial charge is 0.282 e. The van der Waals surface area contributed by atoms with Gasteiger partial charge in [0.05, 0.1) is 18.8 Å². The minimum absolute atomic E-state index is 0.182. The maximum atomic E-state index is 11.4. The summed E-state index contributed by atoms with van der Waals surface area (Å²) >= 11 is 0. The quantitative estimate of drug-likeness (QED) is 0.677. The number of carbonyl (C=O) groups excluding carboxylic acids is 1. The van der Waals surface area contributed by atoms with Crippen LogP contribution in [-0.2, 0) is 19.8 Å². The molecule has 1 aliphatic rings. The first-order valence-corrected chi connectivity index (χ1v) is 7.60.